The molecule has 7 heteroatoms. The Morgan fingerprint density at radius 2 is 2.04 bits per heavy atom. The van der Waals surface area contributed by atoms with Crippen LogP contribution in [0.25, 0.3) is 5.69 Å². The van der Waals surface area contributed by atoms with E-state index in [1.165, 1.54) is 17.0 Å². The van der Waals surface area contributed by atoms with Crippen molar-refractivity contribution in [3.63, 3.8) is 0 Å². The highest BCUT2D eigenvalue weighted by Gasteiger charge is 2.14. The Morgan fingerprint density at radius 3 is 2.75 bits per heavy atom. The van der Waals surface area contributed by atoms with Crippen LogP contribution in [0.4, 0.5) is 0 Å². The second-order valence-corrected chi connectivity index (χ2v) is 5.55. The van der Waals surface area contributed by atoms with Crippen molar-refractivity contribution in [1.29, 1.82) is 0 Å². The predicted molar refractivity (Wildman–Crippen MR) is 89.0 cm³/mol. The Morgan fingerprint density at radius 1 is 1.25 bits per heavy atom. The van der Waals surface area contributed by atoms with E-state index < -0.39 is 0 Å². The zero-order valence-electron chi connectivity index (χ0n) is 13.4. The summed E-state index contributed by atoms with van der Waals surface area (Å²) >= 11 is 0. The molecule has 0 saturated carbocycles. The highest BCUT2D eigenvalue weighted by Crippen LogP contribution is 2.14. The lowest BCUT2D eigenvalue weighted by Crippen LogP contribution is -2.28. The Kier molecular flexibility index (Phi) is 4.24. The van der Waals surface area contributed by atoms with Gasteiger partial charge in [0.15, 0.2) is 0 Å². The molecule has 2 heterocycles. The Bertz CT molecular complexity index is 908. The van der Waals surface area contributed by atoms with Gasteiger partial charge < -0.3 is 4.90 Å². The first-order valence-electron chi connectivity index (χ1n) is 7.45. The molecule has 0 fully saturated rings. The van der Waals surface area contributed by atoms with E-state index in [0.29, 0.717) is 6.54 Å². The molecule has 122 valence electrons. The standard InChI is InChI=1S/C17H17N5O2/c1-12-5-3-4-6-15(12)22-11-13(9-18-22)10-21(2)17(24)14-7-8-16(23)20-19-14/h3-9,11H,10H2,1-2H3,(H,20,23). The molecule has 3 rings (SSSR count). The van der Waals surface area contributed by atoms with Gasteiger partial charge in [-0.3, -0.25) is 9.59 Å². The third-order valence-corrected chi connectivity index (χ3v) is 3.66. The lowest BCUT2D eigenvalue weighted by atomic mass is 10.2. The lowest BCUT2D eigenvalue weighted by Gasteiger charge is -2.15. The minimum absolute atomic E-state index is 0.198. The first-order valence-corrected chi connectivity index (χ1v) is 7.45. The van der Waals surface area contributed by atoms with Gasteiger partial charge in [0.1, 0.15) is 5.69 Å². The van der Waals surface area contributed by atoms with Crippen LogP contribution in [-0.4, -0.2) is 37.8 Å². The lowest BCUT2D eigenvalue weighted by molar-refractivity contribution is 0.0778. The Hall–Kier alpha value is -3.22. The van der Waals surface area contributed by atoms with E-state index in [-0.39, 0.29) is 17.2 Å². The predicted octanol–water partition coefficient (Wildman–Crippen LogP) is 1.54. The summed E-state index contributed by atoms with van der Waals surface area (Å²) in [6, 6.07) is 10.6. The first kappa shape index (κ1) is 15.7. The van der Waals surface area contributed by atoms with E-state index >= 15 is 0 Å². The second-order valence-electron chi connectivity index (χ2n) is 5.55. The number of aryl methyl sites for hydroxylation is 1. The van der Waals surface area contributed by atoms with Crippen LogP contribution in [0.15, 0.2) is 53.6 Å². The van der Waals surface area contributed by atoms with Gasteiger partial charge in [-0.25, -0.2) is 9.78 Å². The molecule has 7 nitrogen and oxygen atoms in total. The molecular weight excluding hydrogens is 306 g/mol. The average molecular weight is 323 g/mol. The molecule has 0 unspecified atom stereocenters. The number of aromatic amines is 1. The molecule has 0 aliphatic heterocycles. The smallest absolute Gasteiger partial charge is 0.274 e. The molecule has 0 saturated heterocycles. The number of hydrogen-bond donors (Lipinski definition) is 1. The number of H-pyrrole nitrogens is 1. The third-order valence-electron chi connectivity index (χ3n) is 3.66. The molecule has 0 atom stereocenters. The van der Waals surface area contributed by atoms with Gasteiger partial charge in [-0.1, -0.05) is 18.2 Å². The number of nitrogens with one attached hydrogen (secondary N) is 1. The summed E-state index contributed by atoms with van der Waals surface area (Å²) < 4.78 is 1.79. The zero-order valence-corrected chi connectivity index (χ0v) is 13.4. The first-order chi connectivity index (χ1) is 11.5. The highest BCUT2D eigenvalue weighted by molar-refractivity contribution is 5.91. The fourth-order valence-corrected chi connectivity index (χ4v) is 2.40. The number of carbonyl (C=O) groups excluding carboxylic acids is 1. The molecule has 24 heavy (non-hydrogen) atoms. The SMILES string of the molecule is Cc1ccccc1-n1cc(CN(C)C(=O)c2ccc(=O)[nH]n2)cn1. The van der Waals surface area contributed by atoms with E-state index in [2.05, 4.69) is 15.3 Å². The summed E-state index contributed by atoms with van der Waals surface area (Å²) in [7, 11) is 1.68. The van der Waals surface area contributed by atoms with E-state index in [0.717, 1.165) is 16.8 Å². The maximum atomic E-state index is 12.3. The van der Waals surface area contributed by atoms with Gasteiger partial charge in [0.2, 0.25) is 0 Å². The van der Waals surface area contributed by atoms with Crippen molar-refractivity contribution in [3.05, 3.63) is 76.0 Å². The van der Waals surface area contributed by atoms with Crippen LogP contribution in [0, 0.1) is 6.92 Å². The van der Waals surface area contributed by atoms with Gasteiger partial charge in [0.25, 0.3) is 11.5 Å². The van der Waals surface area contributed by atoms with Crippen molar-refractivity contribution in [1.82, 2.24) is 24.9 Å². The van der Waals surface area contributed by atoms with Crippen LogP contribution in [-0.2, 0) is 6.54 Å². The normalized spacial score (nSPS) is 10.6. The fourth-order valence-electron chi connectivity index (χ4n) is 2.40. The summed E-state index contributed by atoms with van der Waals surface area (Å²) in [6.45, 7) is 2.42. The molecule has 0 radical (unpaired) electrons. The fraction of sp³-hybridized carbons (Fsp3) is 0.176. The van der Waals surface area contributed by atoms with Crippen LogP contribution in [0.5, 0.6) is 0 Å². The number of benzene rings is 1. The summed E-state index contributed by atoms with van der Waals surface area (Å²) in [6.07, 6.45) is 3.63. The van der Waals surface area contributed by atoms with E-state index in [1.807, 2.05) is 37.4 Å². The van der Waals surface area contributed by atoms with Crippen LogP contribution >= 0.6 is 0 Å². The Balaban J connectivity index is 1.74. The number of rotatable bonds is 4. The van der Waals surface area contributed by atoms with Crippen molar-refractivity contribution in [3.8, 4) is 5.69 Å². The topological polar surface area (TPSA) is 83.9 Å². The molecule has 2 aromatic heterocycles. The number of nitrogens with zero attached hydrogens (tertiary/aromatic N) is 4. The van der Waals surface area contributed by atoms with E-state index in [4.69, 9.17) is 0 Å². The van der Waals surface area contributed by atoms with Crippen molar-refractivity contribution in [2.45, 2.75) is 13.5 Å². The number of carbonyl (C=O) groups is 1. The molecule has 0 bridgehead atoms. The van der Waals surface area contributed by atoms with Gasteiger partial charge in [-0.2, -0.15) is 10.2 Å². The summed E-state index contributed by atoms with van der Waals surface area (Å²) in [5.41, 5.74) is 2.88. The van der Waals surface area contributed by atoms with Gasteiger partial charge in [-0.05, 0) is 24.6 Å². The second kappa shape index (κ2) is 6.49. The van der Waals surface area contributed by atoms with E-state index in [1.54, 1.807) is 17.9 Å². The number of amides is 1. The summed E-state index contributed by atoms with van der Waals surface area (Å²) in [5.74, 6) is -0.269. The zero-order chi connectivity index (χ0) is 17.1. The number of para-hydroxylation sites is 1. The van der Waals surface area contributed by atoms with Crippen molar-refractivity contribution < 1.29 is 4.79 Å². The maximum absolute atomic E-state index is 12.3. The monoisotopic (exact) mass is 323 g/mol. The van der Waals surface area contributed by atoms with Crippen molar-refractivity contribution in [2.75, 3.05) is 7.05 Å². The molecule has 1 N–H and O–H groups in total. The maximum Gasteiger partial charge on any atom is 0.274 e. The molecule has 0 aliphatic rings. The van der Waals surface area contributed by atoms with E-state index in [9.17, 15) is 9.59 Å². The van der Waals surface area contributed by atoms with Crippen LogP contribution in [0.1, 0.15) is 21.6 Å². The molecule has 0 aliphatic carbocycles. The van der Waals surface area contributed by atoms with Gasteiger partial charge in [0, 0.05) is 31.4 Å². The average Bonchev–Trinajstić information content (AvgIpc) is 3.03. The Labute approximate surface area is 138 Å². The quantitative estimate of drug-likeness (QED) is 0.789. The minimum atomic E-state index is -0.339. The minimum Gasteiger partial charge on any atom is -0.336 e. The highest BCUT2D eigenvalue weighted by atomic mass is 16.2. The van der Waals surface area contributed by atoms with Crippen molar-refractivity contribution in [2.24, 2.45) is 0 Å². The third kappa shape index (κ3) is 3.24. The molecule has 3 aromatic rings. The van der Waals surface area contributed by atoms with Gasteiger partial charge >= 0.3 is 0 Å². The molecule has 1 amide bonds. The van der Waals surface area contributed by atoms with Crippen LogP contribution in [0.2, 0.25) is 0 Å². The molecular formula is C17H17N5O2. The summed E-state index contributed by atoms with van der Waals surface area (Å²) in [4.78, 5) is 24.8. The van der Waals surface area contributed by atoms with Crippen LogP contribution in [0.3, 0.4) is 0 Å². The number of hydrogen-bond acceptors (Lipinski definition) is 4. The van der Waals surface area contributed by atoms with Crippen molar-refractivity contribution >= 4 is 5.91 Å². The molecule has 1 aromatic carbocycles. The largest absolute Gasteiger partial charge is 0.336 e. The number of aromatic nitrogens is 4. The van der Waals surface area contributed by atoms with Crippen LogP contribution < -0.4 is 5.56 Å². The van der Waals surface area contributed by atoms with Gasteiger partial charge in [0.05, 0.1) is 11.9 Å². The van der Waals surface area contributed by atoms with Gasteiger partial charge in [-0.15, -0.1) is 0 Å². The molecule has 0 spiro atoms. The summed E-state index contributed by atoms with van der Waals surface area (Å²) in [5, 5.41) is 10.4.